The number of nitrogens with zero attached hydrogens (tertiary/aromatic N) is 2. The molecule has 0 radical (unpaired) electrons. The molecule has 4 heteroatoms. The quantitative estimate of drug-likeness (QED) is 0.867. The number of ether oxygens (including phenoxy) is 1. The molecule has 1 aromatic rings. The second-order valence-corrected chi connectivity index (χ2v) is 4.77. The Kier molecular flexibility index (Phi) is 4.81. The Morgan fingerprint density at radius 3 is 2.89 bits per heavy atom. The van der Waals surface area contributed by atoms with Crippen LogP contribution in [-0.4, -0.2) is 31.2 Å². The number of nitrogens with two attached hydrogens (primary N) is 1. The van der Waals surface area contributed by atoms with Crippen molar-refractivity contribution >= 4 is 5.82 Å². The number of hydrogen-bond donors (Lipinski definition) is 1. The van der Waals surface area contributed by atoms with E-state index in [1.807, 2.05) is 25.3 Å². The molecule has 2 N–H and O–H groups in total. The zero-order valence-electron chi connectivity index (χ0n) is 11.1. The minimum absolute atomic E-state index is 0.683. The van der Waals surface area contributed by atoms with Gasteiger partial charge in [0, 0.05) is 19.3 Å². The minimum atomic E-state index is 0.683. The highest BCUT2D eigenvalue weighted by atomic mass is 16.5. The van der Waals surface area contributed by atoms with Crippen LogP contribution in [0.2, 0.25) is 0 Å². The highest BCUT2D eigenvalue weighted by Crippen LogP contribution is 2.29. The van der Waals surface area contributed by atoms with Crippen LogP contribution in [0.5, 0.6) is 5.75 Å². The van der Waals surface area contributed by atoms with E-state index in [-0.39, 0.29) is 0 Å². The van der Waals surface area contributed by atoms with Gasteiger partial charge < -0.3 is 15.4 Å². The Bertz CT molecular complexity index is 362. The fraction of sp³-hybridized carbons (Fsp3) is 0.643. The predicted octanol–water partition coefficient (Wildman–Crippen LogP) is 2.05. The van der Waals surface area contributed by atoms with E-state index in [2.05, 4.69) is 9.88 Å². The summed E-state index contributed by atoms with van der Waals surface area (Å²) in [6.07, 6.45) is 5.40. The lowest BCUT2D eigenvalue weighted by atomic mass is 9.93. The van der Waals surface area contributed by atoms with Crippen LogP contribution in [0.25, 0.3) is 0 Å². The van der Waals surface area contributed by atoms with Crippen molar-refractivity contribution in [2.75, 3.05) is 31.1 Å². The third kappa shape index (κ3) is 3.13. The standard InChI is InChI=1S/C14H23N3O/c1-2-18-13-4-3-9-16-14(13)17-10-6-12(5-8-15)7-11-17/h3-4,9,12H,2,5-8,10-11,15H2,1H3. The summed E-state index contributed by atoms with van der Waals surface area (Å²) >= 11 is 0. The molecule has 2 rings (SSSR count). The largest absolute Gasteiger partial charge is 0.490 e. The second kappa shape index (κ2) is 6.59. The van der Waals surface area contributed by atoms with Gasteiger partial charge in [-0.2, -0.15) is 0 Å². The number of anilines is 1. The molecule has 1 aliphatic heterocycles. The average molecular weight is 249 g/mol. The third-order valence-electron chi connectivity index (χ3n) is 3.54. The van der Waals surface area contributed by atoms with Crippen LogP contribution in [0.1, 0.15) is 26.2 Å². The fourth-order valence-corrected chi connectivity index (χ4v) is 2.56. The Morgan fingerprint density at radius 2 is 2.22 bits per heavy atom. The van der Waals surface area contributed by atoms with Gasteiger partial charge in [-0.1, -0.05) is 0 Å². The van der Waals surface area contributed by atoms with Crippen LogP contribution in [0.4, 0.5) is 5.82 Å². The van der Waals surface area contributed by atoms with Crippen molar-refractivity contribution in [3.63, 3.8) is 0 Å². The van der Waals surface area contributed by atoms with Crippen molar-refractivity contribution in [1.82, 2.24) is 4.98 Å². The topological polar surface area (TPSA) is 51.4 Å². The average Bonchev–Trinajstić information content (AvgIpc) is 2.41. The maximum Gasteiger partial charge on any atom is 0.171 e. The van der Waals surface area contributed by atoms with Crippen LogP contribution in [0, 0.1) is 5.92 Å². The summed E-state index contributed by atoms with van der Waals surface area (Å²) < 4.78 is 5.64. The molecule has 100 valence electrons. The van der Waals surface area contributed by atoms with Gasteiger partial charge in [-0.15, -0.1) is 0 Å². The Hall–Kier alpha value is -1.29. The summed E-state index contributed by atoms with van der Waals surface area (Å²) in [5.41, 5.74) is 5.62. The molecule has 0 aromatic carbocycles. The molecule has 18 heavy (non-hydrogen) atoms. The van der Waals surface area contributed by atoms with E-state index < -0.39 is 0 Å². The first-order valence-corrected chi connectivity index (χ1v) is 6.88. The van der Waals surface area contributed by atoms with Crippen molar-refractivity contribution < 1.29 is 4.74 Å². The molecule has 0 aliphatic carbocycles. The van der Waals surface area contributed by atoms with Gasteiger partial charge in [0.05, 0.1) is 6.61 Å². The summed E-state index contributed by atoms with van der Waals surface area (Å²) in [7, 11) is 0. The Morgan fingerprint density at radius 1 is 1.44 bits per heavy atom. The molecule has 1 fully saturated rings. The summed E-state index contributed by atoms with van der Waals surface area (Å²) in [5, 5.41) is 0. The smallest absolute Gasteiger partial charge is 0.171 e. The maximum atomic E-state index is 5.64. The van der Waals surface area contributed by atoms with Crippen LogP contribution in [-0.2, 0) is 0 Å². The van der Waals surface area contributed by atoms with Crippen molar-refractivity contribution in [2.24, 2.45) is 11.7 Å². The number of pyridine rings is 1. The molecule has 0 unspecified atom stereocenters. The summed E-state index contributed by atoms with van der Waals surface area (Å²) in [6, 6.07) is 3.92. The van der Waals surface area contributed by atoms with Crippen molar-refractivity contribution in [1.29, 1.82) is 0 Å². The van der Waals surface area contributed by atoms with Gasteiger partial charge in [-0.05, 0) is 50.8 Å². The van der Waals surface area contributed by atoms with E-state index in [1.54, 1.807) is 0 Å². The molecule has 1 saturated heterocycles. The maximum absolute atomic E-state index is 5.64. The molecule has 0 bridgehead atoms. The van der Waals surface area contributed by atoms with E-state index in [0.29, 0.717) is 6.61 Å². The van der Waals surface area contributed by atoms with Gasteiger partial charge in [-0.3, -0.25) is 0 Å². The van der Waals surface area contributed by atoms with E-state index in [4.69, 9.17) is 10.5 Å². The number of aromatic nitrogens is 1. The molecule has 1 aliphatic rings. The lowest BCUT2D eigenvalue weighted by Gasteiger charge is -2.33. The zero-order valence-corrected chi connectivity index (χ0v) is 11.1. The van der Waals surface area contributed by atoms with Crippen molar-refractivity contribution in [3.8, 4) is 5.75 Å². The van der Waals surface area contributed by atoms with Gasteiger partial charge in [0.2, 0.25) is 0 Å². The van der Waals surface area contributed by atoms with Crippen molar-refractivity contribution in [3.05, 3.63) is 18.3 Å². The lowest BCUT2D eigenvalue weighted by molar-refractivity contribution is 0.334. The predicted molar refractivity (Wildman–Crippen MR) is 74.0 cm³/mol. The molecule has 4 nitrogen and oxygen atoms in total. The molecule has 0 atom stereocenters. The fourth-order valence-electron chi connectivity index (χ4n) is 2.56. The van der Waals surface area contributed by atoms with E-state index in [9.17, 15) is 0 Å². The molecular formula is C14H23N3O. The van der Waals surface area contributed by atoms with Gasteiger partial charge >= 0.3 is 0 Å². The van der Waals surface area contributed by atoms with Crippen LogP contribution in [0.3, 0.4) is 0 Å². The highest BCUT2D eigenvalue weighted by Gasteiger charge is 2.21. The highest BCUT2D eigenvalue weighted by molar-refractivity contribution is 5.52. The Balaban J connectivity index is 2.00. The normalized spacial score (nSPS) is 16.9. The van der Waals surface area contributed by atoms with Crippen LogP contribution < -0.4 is 15.4 Å². The van der Waals surface area contributed by atoms with E-state index in [1.165, 1.54) is 12.8 Å². The zero-order chi connectivity index (χ0) is 12.8. The lowest BCUT2D eigenvalue weighted by Crippen LogP contribution is -2.35. The van der Waals surface area contributed by atoms with Crippen molar-refractivity contribution in [2.45, 2.75) is 26.2 Å². The van der Waals surface area contributed by atoms with Crippen LogP contribution >= 0.6 is 0 Å². The first-order valence-electron chi connectivity index (χ1n) is 6.88. The first kappa shape index (κ1) is 13.1. The second-order valence-electron chi connectivity index (χ2n) is 4.77. The summed E-state index contributed by atoms with van der Waals surface area (Å²) in [6.45, 7) is 5.61. The van der Waals surface area contributed by atoms with Gasteiger partial charge in [0.25, 0.3) is 0 Å². The summed E-state index contributed by atoms with van der Waals surface area (Å²) in [5.74, 6) is 2.67. The number of rotatable bonds is 5. The number of piperidine rings is 1. The van der Waals surface area contributed by atoms with Gasteiger partial charge in [0.15, 0.2) is 11.6 Å². The molecule has 0 saturated carbocycles. The molecule has 0 spiro atoms. The van der Waals surface area contributed by atoms with E-state index >= 15 is 0 Å². The molecule has 1 aromatic heterocycles. The summed E-state index contributed by atoms with van der Waals surface area (Å²) in [4.78, 5) is 6.80. The number of hydrogen-bond acceptors (Lipinski definition) is 4. The molecular weight excluding hydrogens is 226 g/mol. The minimum Gasteiger partial charge on any atom is -0.490 e. The van der Waals surface area contributed by atoms with Gasteiger partial charge in [0.1, 0.15) is 0 Å². The molecule has 0 amide bonds. The molecule has 2 heterocycles. The SMILES string of the molecule is CCOc1cccnc1N1CCC(CCN)CC1. The van der Waals surface area contributed by atoms with Crippen LogP contribution in [0.15, 0.2) is 18.3 Å². The third-order valence-corrected chi connectivity index (χ3v) is 3.54. The monoisotopic (exact) mass is 249 g/mol. The van der Waals surface area contributed by atoms with E-state index in [0.717, 1.165) is 43.5 Å². The Labute approximate surface area is 109 Å². The van der Waals surface area contributed by atoms with Gasteiger partial charge in [-0.25, -0.2) is 4.98 Å². The first-order chi connectivity index (χ1) is 8.85.